The molecule has 6 heterocycles. The molecule has 1 unspecified atom stereocenters. The van der Waals surface area contributed by atoms with Gasteiger partial charge < -0.3 is 34.1 Å². The van der Waals surface area contributed by atoms with E-state index in [4.69, 9.17) is 38.3 Å². The van der Waals surface area contributed by atoms with Gasteiger partial charge in [-0.05, 0) is 27.7 Å². The molecular formula is C28H37FN9O12P. The average molecular weight is 742 g/mol. The molecule has 0 spiro atoms. The minimum Gasteiger partial charge on any atom is -0.376 e. The van der Waals surface area contributed by atoms with E-state index in [9.17, 15) is 23.8 Å². The number of methoxy groups -OCH3 is 1. The van der Waals surface area contributed by atoms with Crippen molar-refractivity contribution in [3.63, 3.8) is 0 Å². The Kier molecular flexibility index (Phi) is 10.4. The van der Waals surface area contributed by atoms with E-state index in [2.05, 4.69) is 30.1 Å². The number of nitrogens with zero attached hydrogens (tertiary/aromatic N) is 6. The number of anilines is 1. The predicted molar refractivity (Wildman–Crippen MR) is 170 cm³/mol. The second kappa shape index (κ2) is 14.5. The summed E-state index contributed by atoms with van der Waals surface area (Å²) in [6, 6.07) is 1.07. The third kappa shape index (κ3) is 7.58. The first-order chi connectivity index (χ1) is 24.1. The molecule has 2 fully saturated rings. The van der Waals surface area contributed by atoms with E-state index < -0.39 is 79.7 Å². The van der Waals surface area contributed by atoms with Crippen LogP contribution in [0.15, 0.2) is 37.5 Å². The van der Waals surface area contributed by atoms with E-state index in [0.717, 1.165) is 16.8 Å². The van der Waals surface area contributed by atoms with Crippen LogP contribution >= 0.6 is 7.82 Å². The third-order valence-corrected chi connectivity index (χ3v) is 9.32. The monoisotopic (exact) mass is 741 g/mol. The van der Waals surface area contributed by atoms with Gasteiger partial charge in [0.2, 0.25) is 5.95 Å². The number of imidazole rings is 1. The van der Waals surface area contributed by atoms with Gasteiger partial charge in [-0.15, -0.1) is 0 Å². The first-order valence-corrected chi connectivity index (χ1v) is 17.3. The van der Waals surface area contributed by atoms with Crippen LogP contribution in [0.1, 0.15) is 58.0 Å². The van der Waals surface area contributed by atoms with Crippen molar-refractivity contribution < 1.29 is 46.4 Å². The number of aromatic amines is 2. The van der Waals surface area contributed by atoms with Gasteiger partial charge in [0.1, 0.15) is 12.2 Å². The van der Waals surface area contributed by atoms with Crippen LogP contribution in [0.2, 0.25) is 0 Å². The lowest BCUT2D eigenvalue weighted by Crippen LogP contribution is -2.38. The van der Waals surface area contributed by atoms with Crippen LogP contribution in [0.5, 0.6) is 0 Å². The van der Waals surface area contributed by atoms with Crippen LogP contribution in [0.4, 0.5) is 10.3 Å². The maximum Gasteiger partial charge on any atom is 0.472 e. The zero-order valence-corrected chi connectivity index (χ0v) is 28.8. The van der Waals surface area contributed by atoms with Crippen LogP contribution in [0, 0.1) is 5.92 Å². The molecule has 0 saturated carbocycles. The third-order valence-electron chi connectivity index (χ3n) is 8.12. The number of aromatic nitrogens is 8. The van der Waals surface area contributed by atoms with Gasteiger partial charge in [-0.2, -0.15) is 9.97 Å². The second-order valence-corrected chi connectivity index (χ2v) is 13.8. The molecule has 6 rings (SSSR count). The molecule has 21 nitrogen and oxygen atoms in total. The number of nitrogens with one attached hydrogen (secondary N) is 2. The van der Waals surface area contributed by atoms with E-state index in [1.807, 2.05) is 0 Å². The van der Waals surface area contributed by atoms with Crippen LogP contribution in [0.25, 0.3) is 11.2 Å². The molecule has 9 atom stereocenters. The Bertz CT molecular complexity index is 2080. The van der Waals surface area contributed by atoms with Crippen LogP contribution < -0.4 is 22.5 Å². The van der Waals surface area contributed by atoms with E-state index in [1.54, 1.807) is 13.8 Å². The zero-order valence-electron chi connectivity index (χ0n) is 27.9. The molecule has 0 aliphatic carbocycles. The summed E-state index contributed by atoms with van der Waals surface area (Å²) in [5.74, 6) is -1.38. The first kappa shape index (κ1) is 36.6. The Morgan fingerprint density at radius 1 is 1.08 bits per heavy atom. The number of hydrogen-bond acceptors (Lipinski definition) is 16. The van der Waals surface area contributed by atoms with Crippen LogP contribution in [-0.4, -0.2) is 94.5 Å². The van der Waals surface area contributed by atoms with Crippen molar-refractivity contribution in [2.24, 2.45) is 5.92 Å². The topological polar surface area (TPSA) is 276 Å². The Balaban J connectivity index is 1.31. The van der Waals surface area contributed by atoms with Gasteiger partial charge in [0.15, 0.2) is 41.7 Å². The number of ether oxygens (including phenoxy) is 4. The molecule has 4 aromatic heterocycles. The van der Waals surface area contributed by atoms with E-state index in [1.165, 1.54) is 31.9 Å². The molecule has 4 aromatic rings. The number of halogens is 1. The van der Waals surface area contributed by atoms with Gasteiger partial charge >= 0.3 is 13.5 Å². The van der Waals surface area contributed by atoms with Gasteiger partial charge in [0, 0.05) is 31.7 Å². The molecular weight excluding hydrogens is 704 g/mol. The number of nitrogens with two attached hydrogens (primary N) is 1. The largest absolute Gasteiger partial charge is 0.472 e. The molecule has 5 N–H and O–H groups in total. The lowest BCUT2D eigenvalue weighted by Gasteiger charge is -2.25. The maximum absolute atomic E-state index is 16.4. The first-order valence-electron chi connectivity index (χ1n) is 15.8. The summed E-state index contributed by atoms with van der Waals surface area (Å²) < 4.78 is 71.3. The van der Waals surface area contributed by atoms with Gasteiger partial charge in [-0.1, -0.05) is 5.16 Å². The molecule has 2 aliphatic heterocycles. The molecule has 2 aliphatic rings. The lowest BCUT2D eigenvalue weighted by molar-refractivity contribution is -0.0654. The summed E-state index contributed by atoms with van der Waals surface area (Å²) >= 11 is 0. The summed E-state index contributed by atoms with van der Waals surface area (Å²) in [5, 5.41) is 4.01. The molecule has 0 bridgehead atoms. The van der Waals surface area contributed by atoms with Gasteiger partial charge in [-0.25, -0.2) is 18.7 Å². The number of phosphoric ester groups is 1. The summed E-state index contributed by atoms with van der Waals surface area (Å²) in [6.07, 6.45) is -8.01. The van der Waals surface area contributed by atoms with Gasteiger partial charge in [0.25, 0.3) is 17.0 Å². The fraction of sp³-hybridized carbons (Fsp3) is 0.607. The highest BCUT2D eigenvalue weighted by Crippen LogP contribution is 2.52. The van der Waals surface area contributed by atoms with Crippen LogP contribution in [-0.2, 0) is 39.0 Å². The summed E-state index contributed by atoms with van der Waals surface area (Å²) in [6.45, 7) is 6.64. The quantitative estimate of drug-likeness (QED) is 0.137. The molecule has 0 aromatic carbocycles. The van der Waals surface area contributed by atoms with Crippen LogP contribution in [0.3, 0.4) is 0 Å². The summed E-state index contributed by atoms with van der Waals surface area (Å²) in [4.78, 5) is 64.3. The standard InChI is InChI=1S/C28H37FN9O12P/c1-11(2)45-9-14-13(17(29)25(46-14)38-10-31-18-22(38)34-27(30)35-23(18)40)8-15-32-24(48-36-15)20-19(50-51(42,43)49-12(3)4)21(44-5)26(47-20)37-7-6-16(39)33-28(37)41/h6-7,10-14,17,19-21,25-26H,8-9H2,1-5H3,(H,42,43)(H,33,39,41)(H3,30,34,35,40)/t13-,14-,17-,19-,20+,21-,25-,26-/m1/s1. The second-order valence-electron chi connectivity index (χ2n) is 12.4. The number of rotatable bonds is 13. The fourth-order valence-electron chi connectivity index (χ4n) is 5.99. The Morgan fingerprint density at radius 2 is 1.84 bits per heavy atom. The average Bonchev–Trinajstić information content (AvgIpc) is 3.81. The van der Waals surface area contributed by atoms with Gasteiger partial charge in [0.05, 0.1) is 31.2 Å². The minimum atomic E-state index is -4.77. The molecule has 278 valence electrons. The van der Waals surface area contributed by atoms with Crippen molar-refractivity contribution in [1.29, 1.82) is 0 Å². The number of hydrogen-bond donors (Lipinski definition) is 4. The molecule has 2 saturated heterocycles. The SMILES string of the molecule is CO[C@@H]1[C@H](OP(=O)(O)OC(C)C)[C@@H](c2nc(C[C@H]3[C@@H](F)[C@H](n4cnc5c(=O)[nH]c(N)nc54)O[C@@H]3COC(C)C)no2)O[C@H]1n1ccc(=O)[nH]c1=O. The van der Waals surface area contributed by atoms with Gasteiger partial charge in [-0.3, -0.25) is 37.7 Å². The highest BCUT2D eigenvalue weighted by Gasteiger charge is 2.54. The Labute approximate surface area is 286 Å². The van der Waals surface area contributed by atoms with Crippen molar-refractivity contribution in [1.82, 2.24) is 39.2 Å². The maximum atomic E-state index is 16.4. The summed E-state index contributed by atoms with van der Waals surface area (Å²) in [5.41, 5.74) is 3.56. The van der Waals surface area contributed by atoms with E-state index in [0.29, 0.717) is 0 Å². The zero-order chi connectivity index (χ0) is 36.8. The Morgan fingerprint density at radius 3 is 2.53 bits per heavy atom. The number of fused-ring (bicyclic) bond motifs is 1. The Hall–Kier alpha value is -4.15. The van der Waals surface area contributed by atoms with E-state index in [-0.39, 0.29) is 48.0 Å². The fourth-order valence-corrected chi connectivity index (χ4v) is 7.11. The number of nitrogen functional groups attached to an aromatic ring is 1. The number of H-pyrrole nitrogens is 2. The van der Waals surface area contributed by atoms with Crippen molar-refractivity contribution in [2.45, 2.75) is 89.4 Å². The number of alkyl halides is 1. The van der Waals surface area contributed by atoms with Crippen molar-refractivity contribution >= 4 is 24.9 Å². The van der Waals surface area contributed by atoms with Crippen molar-refractivity contribution in [2.75, 3.05) is 19.5 Å². The smallest absolute Gasteiger partial charge is 0.376 e. The number of phosphoric acid groups is 1. The minimum absolute atomic E-state index is 0.00247. The van der Waals surface area contributed by atoms with E-state index >= 15 is 4.39 Å². The van der Waals surface area contributed by atoms with Crippen molar-refractivity contribution in [3.8, 4) is 0 Å². The predicted octanol–water partition coefficient (Wildman–Crippen LogP) is 0.650. The molecule has 0 radical (unpaired) electrons. The summed E-state index contributed by atoms with van der Waals surface area (Å²) in [7, 11) is -3.51. The van der Waals surface area contributed by atoms with Crippen molar-refractivity contribution in [3.05, 3.63) is 61.5 Å². The molecule has 0 amide bonds. The normalized spacial score (nSPS) is 27.9. The molecule has 23 heteroatoms. The highest BCUT2D eigenvalue weighted by molar-refractivity contribution is 7.47. The highest BCUT2D eigenvalue weighted by atomic mass is 31.2. The molecule has 51 heavy (non-hydrogen) atoms. The lowest BCUT2D eigenvalue weighted by atomic mass is 9.95.